The third-order valence-electron chi connectivity index (χ3n) is 1.96. The molecule has 1 amide bonds. The SMILES string of the molecule is CC(CO)(CO)NC(=O)c1ccnnc1. The van der Waals surface area contributed by atoms with Gasteiger partial charge in [0.2, 0.25) is 0 Å². The number of amides is 1. The molecule has 0 radical (unpaired) electrons. The summed E-state index contributed by atoms with van der Waals surface area (Å²) in [5.41, 5.74) is -0.696. The maximum Gasteiger partial charge on any atom is 0.253 e. The van der Waals surface area contributed by atoms with Gasteiger partial charge in [0.05, 0.1) is 36.7 Å². The average Bonchev–Trinajstić information content (AvgIpc) is 2.30. The van der Waals surface area contributed by atoms with E-state index in [0.29, 0.717) is 5.56 Å². The van der Waals surface area contributed by atoms with E-state index in [4.69, 9.17) is 10.2 Å². The Hall–Kier alpha value is -1.53. The Bertz CT molecular complexity index is 325. The van der Waals surface area contributed by atoms with Crippen LogP contribution in [0.5, 0.6) is 0 Å². The maximum atomic E-state index is 11.6. The molecule has 0 aliphatic rings. The van der Waals surface area contributed by atoms with Gasteiger partial charge in [-0.1, -0.05) is 0 Å². The topological polar surface area (TPSA) is 95.3 Å². The zero-order valence-electron chi connectivity index (χ0n) is 8.34. The van der Waals surface area contributed by atoms with Crippen LogP contribution in [0.15, 0.2) is 18.5 Å². The lowest BCUT2D eigenvalue weighted by atomic mass is 10.1. The highest BCUT2D eigenvalue weighted by Crippen LogP contribution is 2.03. The highest BCUT2D eigenvalue weighted by molar-refractivity contribution is 5.94. The highest BCUT2D eigenvalue weighted by Gasteiger charge is 2.25. The number of hydrogen-bond donors (Lipinski definition) is 3. The van der Waals surface area contributed by atoms with E-state index in [2.05, 4.69) is 15.5 Å². The van der Waals surface area contributed by atoms with E-state index in [1.54, 1.807) is 6.92 Å². The second-order valence-electron chi connectivity index (χ2n) is 3.46. The minimum absolute atomic E-state index is 0.332. The maximum absolute atomic E-state index is 11.6. The van der Waals surface area contributed by atoms with Gasteiger partial charge in [-0.2, -0.15) is 10.2 Å². The summed E-state index contributed by atoms with van der Waals surface area (Å²) < 4.78 is 0. The second kappa shape index (κ2) is 4.81. The minimum Gasteiger partial charge on any atom is -0.394 e. The zero-order chi connectivity index (χ0) is 11.3. The molecule has 0 atom stereocenters. The fourth-order valence-electron chi connectivity index (χ4n) is 0.900. The smallest absolute Gasteiger partial charge is 0.253 e. The number of carbonyl (C=O) groups excluding carboxylic acids is 1. The largest absolute Gasteiger partial charge is 0.394 e. The van der Waals surface area contributed by atoms with Crippen LogP contribution in [-0.2, 0) is 0 Å². The lowest BCUT2D eigenvalue weighted by Crippen LogP contribution is -2.51. The van der Waals surface area contributed by atoms with Crippen molar-refractivity contribution in [1.29, 1.82) is 0 Å². The van der Waals surface area contributed by atoms with Gasteiger partial charge in [0.1, 0.15) is 0 Å². The van der Waals surface area contributed by atoms with Crippen LogP contribution in [0, 0.1) is 0 Å². The lowest BCUT2D eigenvalue weighted by Gasteiger charge is -2.25. The van der Waals surface area contributed by atoms with Crippen molar-refractivity contribution >= 4 is 5.91 Å². The van der Waals surface area contributed by atoms with Gasteiger partial charge < -0.3 is 15.5 Å². The van der Waals surface area contributed by atoms with Gasteiger partial charge in [-0.25, -0.2) is 0 Å². The summed E-state index contributed by atoms with van der Waals surface area (Å²) in [5, 5.41) is 27.5. The molecule has 0 fully saturated rings. The molecule has 0 aliphatic heterocycles. The Balaban J connectivity index is 2.72. The van der Waals surface area contributed by atoms with E-state index < -0.39 is 11.4 Å². The average molecular weight is 211 g/mol. The summed E-state index contributed by atoms with van der Waals surface area (Å²) >= 11 is 0. The number of aliphatic hydroxyl groups is 2. The highest BCUT2D eigenvalue weighted by atomic mass is 16.3. The van der Waals surface area contributed by atoms with Crippen molar-refractivity contribution in [2.24, 2.45) is 0 Å². The van der Waals surface area contributed by atoms with Gasteiger partial charge in [0, 0.05) is 0 Å². The molecule has 1 aromatic rings. The molecule has 1 heterocycles. The molecule has 0 aliphatic carbocycles. The van der Waals surface area contributed by atoms with E-state index in [0.717, 1.165) is 0 Å². The van der Waals surface area contributed by atoms with Crippen LogP contribution in [0.4, 0.5) is 0 Å². The molecule has 0 saturated heterocycles. The summed E-state index contributed by atoms with van der Waals surface area (Å²) in [5.74, 6) is -0.407. The number of nitrogens with zero attached hydrogens (tertiary/aromatic N) is 2. The quantitative estimate of drug-likeness (QED) is 0.590. The van der Waals surface area contributed by atoms with Crippen LogP contribution in [0.2, 0.25) is 0 Å². The first-order valence-electron chi connectivity index (χ1n) is 4.42. The van der Waals surface area contributed by atoms with Crippen molar-refractivity contribution in [3.8, 4) is 0 Å². The minimum atomic E-state index is -1.03. The van der Waals surface area contributed by atoms with E-state index in [1.165, 1.54) is 18.5 Å². The van der Waals surface area contributed by atoms with Gasteiger partial charge >= 0.3 is 0 Å². The van der Waals surface area contributed by atoms with Gasteiger partial charge in [-0.15, -0.1) is 0 Å². The number of rotatable bonds is 4. The van der Waals surface area contributed by atoms with Crippen LogP contribution in [0.3, 0.4) is 0 Å². The summed E-state index contributed by atoms with van der Waals surface area (Å²) in [6.07, 6.45) is 2.70. The molecule has 6 nitrogen and oxygen atoms in total. The van der Waals surface area contributed by atoms with E-state index >= 15 is 0 Å². The molecule has 82 valence electrons. The van der Waals surface area contributed by atoms with Crippen molar-refractivity contribution in [3.63, 3.8) is 0 Å². The van der Waals surface area contributed by atoms with Crippen molar-refractivity contribution < 1.29 is 15.0 Å². The molecule has 0 unspecified atom stereocenters. The van der Waals surface area contributed by atoms with Crippen LogP contribution in [0.25, 0.3) is 0 Å². The Labute approximate surface area is 87.0 Å². The Morgan fingerprint density at radius 3 is 2.60 bits per heavy atom. The first-order valence-corrected chi connectivity index (χ1v) is 4.42. The lowest BCUT2D eigenvalue weighted by molar-refractivity contribution is 0.0723. The molecule has 1 aromatic heterocycles. The van der Waals surface area contributed by atoms with E-state index in [9.17, 15) is 4.79 Å². The monoisotopic (exact) mass is 211 g/mol. The molecule has 0 saturated carbocycles. The molecular weight excluding hydrogens is 198 g/mol. The molecule has 3 N–H and O–H groups in total. The Morgan fingerprint density at radius 1 is 1.47 bits per heavy atom. The number of hydrogen-bond acceptors (Lipinski definition) is 5. The third kappa shape index (κ3) is 2.97. The Kier molecular flexibility index (Phi) is 3.70. The van der Waals surface area contributed by atoms with Crippen LogP contribution < -0.4 is 5.32 Å². The number of carbonyl (C=O) groups is 1. The van der Waals surface area contributed by atoms with E-state index in [1.807, 2.05) is 0 Å². The first-order chi connectivity index (χ1) is 7.11. The summed E-state index contributed by atoms with van der Waals surface area (Å²) in [7, 11) is 0. The molecule has 0 spiro atoms. The summed E-state index contributed by atoms with van der Waals surface area (Å²) in [6, 6.07) is 1.50. The van der Waals surface area contributed by atoms with Crippen molar-refractivity contribution in [1.82, 2.24) is 15.5 Å². The number of aromatic nitrogens is 2. The second-order valence-corrected chi connectivity index (χ2v) is 3.46. The van der Waals surface area contributed by atoms with Crippen molar-refractivity contribution in [2.75, 3.05) is 13.2 Å². The van der Waals surface area contributed by atoms with E-state index in [-0.39, 0.29) is 13.2 Å². The van der Waals surface area contributed by atoms with Crippen LogP contribution in [-0.4, -0.2) is 45.1 Å². The fourth-order valence-corrected chi connectivity index (χ4v) is 0.900. The molecule has 1 rings (SSSR count). The molecule has 15 heavy (non-hydrogen) atoms. The standard InChI is InChI=1S/C9H13N3O3/c1-9(5-13,6-14)12-8(15)7-2-3-10-11-4-7/h2-4,13-14H,5-6H2,1H3,(H,12,15). The fraction of sp³-hybridized carbons (Fsp3) is 0.444. The summed E-state index contributed by atoms with van der Waals surface area (Å²) in [4.78, 5) is 11.6. The summed E-state index contributed by atoms with van der Waals surface area (Å²) in [6.45, 7) is 0.862. The molecular formula is C9H13N3O3. The predicted octanol–water partition coefficient (Wildman–Crippen LogP) is -1.05. The van der Waals surface area contributed by atoms with Gasteiger partial charge in [0.15, 0.2) is 0 Å². The van der Waals surface area contributed by atoms with Gasteiger partial charge in [-0.3, -0.25) is 4.79 Å². The normalized spacial score (nSPS) is 11.1. The van der Waals surface area contributed by atoms with Gasteiger partial charge in [-0.05, 0) is 13.0 Å². The van der Waals surface area contributed by atoms with Crippen LogP contribution >= 0.6 is 0 Å². The first kappa shape index (κ1) is 11.5. The predicted molar refractivity (Wildman–Crippen MR) is 52.1 cm³/mol. The third-order valence-corrected chi connectivity index (χ3v) is 1.96. The zero-order valence-corrected chi connectivity index (χ0v) is 8.34. The van der Waals surface area contributed by atoms with Gasteiger partial charge in [0.25, 0.3) is 5.91 Å². The molecule has 0 aromatic carbocycles. The van der Waals surface area contributed by atoms with Crippen molar-refractivity contribution in [2.45, 2.75) is 12.5 Å². The number of nitrogens with one attached hydrogen (secondary N) is 1. The number of aliphatic hydroxyl groups excluding tert-OH is 2. The molecule has 0 bridgehead atoms. The molecule has 6 heteroatoms. The van der Waals surface area contributed by atoms with Crippen molar-refractivity contribution in [3.05, 3.63) is 24.0 Å². The Morgan fingerprint density at radius 2 is 2.13 bits per heavy atom. The van der Waals surface area contributed by atoms with Crippen LogP contribution in [0.1, 0.15) is 17.3 Å².